The predicted molar refractivity (Wildman–Crippen MR) is 159 cm³/mol. The zero-order chi connectivity index (χ0) is 25.7. The number of unbranched alkanes of at least 4 members (excludes halogenated alkanes) is 2. The summed E-state index contributed by atoms with van der Waals surface area (Å²) >= 11 is 1.67. The Morgan fingerprint density at radius 1 is 0.676 bits per heavy atom. The van der Waals surface area contributed by atoms with Crippen LogP contribution in [-0.2, 0) is 13.6 Å². The molecule has 0 atom stereocenters. The van der Waals surface area contributed by atoms with Crippen LogP contribution in [0.1, 0.15) is 39.5 Å². The minimum Gasteiger partial charge on any atom is -0.305 e. The van der Waals surface area contributed by atoms with Crippen LogP contribution in [0.2, 0.25) is 0 Å². The van der Waals surface area contributed by atoms with Crippen LogP contribution in [0.15, 0.2) is 91.0 Å². The largest absolute Gasteiger partial charge is 0.362 e. The second-order valence-electron chi connectivity index (χ2n) is 9.25. The minimum atomic E-state index is -3.56. The molecular formula is C32H33O3PS. The van der Waals surface area contributed by atoms with Gasteiger partial charge in [-0.15, -0.1) is 11.3 Å². The summed E-state index contributed by atoms with van der Waals surface area (Å²) in [6.45, 7) is 5.04. The van der Waals surface area contributed by atoms with Gasteiger partial charge in [0.2, 0.25) is 0 Å². The third-order valence-electron chi connectivity index (χ3n) is 6.62. The molecule has 37 heavy (non-hydrogen) atoms. The Labute approximate surface area is 223 Å². The van der Waals surface area contributed by atoms with Crippen molar-refractivity contribution in [3.63, 3.8) is 0 Å². The first-order valence-corrected chi connectivity index (χ1v) is 15.5. The highest BCUT2D eigenvalue weighted by Gasteiger charge is 2.34. The van der Waals surface area contributed by atoms with Crippen molar-refractivity contribution in [2.75, 3.05) is 13.2 Å². The summed E-state index contributed by atoms with van der Waals surface area (Å²) in [6.07, 6.45) is 3.61. The van der Waals surface area contributed by atoms with Crippen LogP contribution < -0.4 is 5.30 Å². The minimum absolute atomic E-state index is 0.411. The summed E-state index contributed by atoms with van der Waals surface area (Å²) in [5.41, 5.74) is 2.19. The molecule has 5 heteroatoms. The van der Waals surface area contributed by atoms with Crippen LogP contribution >= 0.6 is 18.9 Å². The molecule has 0 saturated carbocycles. The first kappa shape index (κ1) is 25.9. The molecule has 190 valence electrons. The quantitative estimate of drug-likeness (QED) is 0.126. The van der Waals surface area contributed by atoms with Crippen LogP contribution in [0.25, 0.3) is 42.4 Å². The van der Waals surface area contributed by atoms with Gasteiger partial charge in [-0.2, -0.15) is 0 Å². The number of hydrogen-bond donors (Lipinski definition) is 0. The number of hydrogen-bond acceptors (Lipinski definition) is 4. The average Bonchev–Trinajstić information content (AvgIpc) is 3.39. The van der Waals surface area contributed by atoms with Crippen LogP contribution in [0.4, 0.5) is 0 Å². The number of benzene rings is 4. The second-order valence-corrected chi connectivity index (χ2v) is 12.3. The van der Waals surface area contributed by atoms with Crippen molar-refractivity contribution in [1.82, 2.24) is 0 Å². The fourth-order valence-corrected chi connectivity index (χ4v) is 8.05. The summed E-state index contributed by atoms with van der Waals surface area (Å²) < 4.78 is 26.9. The highest BCUT2D eigenvalue weighted by molar-refractivity contribution is 7.63. The summed E-state index contributed by atoms with van der Waals surface area (Å²) in [7, 11) is -3.56. The summed E-state index contributed by atoms with van der Waals surface area (Å²) in [5, 5.41) is 5.31. The first-order chi connectivity index (χ1) is 18.1. The molecule has 0 spiro atoms. The standard InChI is InChI=1S/C32H33O3PS/c1-3-5-21-34-36(33,35-22-6-4-2)30-23-31(28-19-11-15-24-13-7-9-17-26(24)28)37-32(30)29-20-12-16-25-14-8-10-18-27(25)29/h7-20,23H,3-6,21-22H2,1-2H3. The third kappa shape index (κ3) is 5.44. The Kier molecular flexibility index (Phi) is 8.22. The van der Waals surface area contributed by atoms with Crippen LogP contribution in [0.5, 0.6) is 0 Å². The Morgan fingerprint density at radius 2 is 1.19 bits per heavy atom. The van der Waals surface area contributed by atoms with E-state index in [9.17, 15) is 4.57 Å². The molecule has 5 aromatic rings. The van der Waals surface area contributed by atoms with E-state index >= 15 is 0 Å². The monoisotopic (exact) mass is 528 g/mol. The Balaban J connectivity index is 1.73. The molecule has 0 unspecified atom stereocenters. The first-order valence-electron chi connectivity index (χ1n) is 13.1. The van der Waals surface area contributed by atoms with E-state index in [0.717, 1.165) is 57.3 Å². The van der Waals surface area contributed by atoms with Crippen molar-refractivity contribution >= 4 is 45.8 Å². The van der Waals surface area contributed by atoms with Crippen molar-refractivity contribution in [1.29, 1.82) is 0 Å². The summed E-state index contributed by atoms with van der Waals surface area (Å²) in [5.74, 6) is 0. The molecule has 0 aliphatic carbocycles. The molecule has 0 bridgehead atoms. The van der Waals surface area contributed by atoms with Gasteiger partial charge in [0, 0.05) is 10.4 Å². The van der Waals surface area contributed by atoms with Crippen molar-refractivity contribution in [2.24, 2.45) is 0 Å². The maximum absolute atomic E-state index is 14.6. The maximum atomic E-state index is 14.6. The Bertz CT molecular complexity index is 1530. The molecule has 0 aliphatic heterocycles. The molecule has 5 rings (SSSR count). The molecule has 0 amide bonds. The molecule has 1 heterocycles. The molecule has 4 aromatic carbocycles. The molecule has 0 aliphatic rings. The van der Waals surface area contributed by atoms with E-state index in [0.29, 0.717) is 18.5 Å². The van der Waals surface area contributed by atoms with E-state index in [4.69, 9.17) is 9.05 Å². The zero-order valence-corrected chi connectivity index (χ0v) is 23.2. The van der Waals surface area contributed by atoms with Gasteiger partial charge in [-0.05, 0) is 46.0 Å². The lowest BCUT2D eigenvalue weighted by atomic mass is 10.0. The number of fused-ring (bicyclic) bond motifs is 2. The van der Waals surface area contributed by atoms with Gasteiger partial charge in [-0.25, -0.2) is 0 Å². The lowest BCUT2D eigenvalue weighted by Crippen LogP contribution is -2.12. The highest BCUT2D eigenvalue weighted by atomic mass is 32.1. The molecule has 0 fully saturated rings. The second kappa shape index (κ2) is 11.8. The Morgan fingerprint density at radius 3 is 1.78 bits per heavy atom. The fraction of sp³-hybridized carbons (Fsp3) is 0.250. The molecule has 0 radical (unpaired) electrons. The summed E-state index contributed by atoms with van der Waals surface area (Å²) in [4.78, 5) is 2.02. The van der Waals surface area contributed by atoms with Gasteiger partial charge in [-0.1, -0.05) is 112 Å². The topological polar surface area (TPSA) is 35.5 Å². The van der Waals surface area contributed by atoms with Crippen molar-refractivity contribution in [3.05, 3.63) is 91.0 Å². The number of thiophene rings is 1. The highest BCUT2D eigenvalue weighted by Crippen LogP contribution is 2.53. The van der Waals surface area contributed by atoms with Gasteiger partial charge in [0.25, 0.3) is 0 Å². The smallest absolute Gasteiger partial charge is 0.305 e. The molecule has 3 nitrogen and oxygen atoms in total. The van der Waals surface area contributed by atoms with Gasteiger partial charge in [0.15, 0.2) is 0 Å². The van der Waals surface area contributed by atoms with Crippen LogP contribution in [-0.4, -0.2) is 13.2 Å². The van der Waals surface area contributed by atoms with Gasteiger partial charge in [0.05, 0.1) is 23.4 Å². The molecular weight excluding hydrogens is 495 g/mol. The normalized spacial score (nSPS) is 11.9. The van der Waals surface area contributed by atoms with Crippen molar-refractivity contribution in [2.45, 2.75) is 39.5 Å². The predicted octanol–water partition coefficient (Wildman–Crippen LogP) is 9.84. The zero-order valence-electron chi connectivity index (χ0n) is 21.5. The van der Waals surface area contributed by atoms with Gasteiger partial charge < -0.3 is 9.05 Å². The van der Waals surface area contributed by atoms with Crippen LogP contribution in [0.3, 0.4) is 0 Å². The van der Waals surface area contributed by atoms with E-state index in [1.165, 1.54) is 10.8 Å². The van der Waals surface area contributed by atoms with E-state index in [1.54, 1.807) is 11.3 Å². The molecule has 0 saturated heterocycles. The van der Waals surface area contributed by atoms with Crippen molar-refractivity contribution < 1.29 is 13.6 Å². The number of rotatable bonds is 11. The van der Waals surface area contributed by atoms with E-state index < -0.39 is 7.60 Å². The van der Waals surface area contributed by atoms with Crippen molar-refractivity contribution in [3.8, 4) is 20.9 Å². The van der Waals surface area contributed by atoms with Gasteiger partial charge in [-0.3, -0.25) is 4.57 Å². The third-order valence-corrected chi connectivity index (χ3v) is 9.96. The van der Waals surface area contributed by atoms with Gasteiger partial charge in [0.1, 0.15) is 0 Å². The SMILES string of the molecule is CCCCOP(=O)(OCCCC)c1cc(-c2cccc3ccccc23)sc1-c1cccc2ccccc12. The average molecular weight is 529 g/mol. The molecule has 1 aromatic heterocycles. The molecule has 0 N–H and O–H groups in total. The van der Waals surface area contributed by atoms with Crippen LogP contribution in [0, 0.1) is 0 Å². The van der Waals surface area contributed by atoms with E-state index in [2.05, 4.69) is 105 Å². The summed E-state index contributed by atoms with van der Waals surface area (Å²) in [6, 6.07) is 31.5. The van der Waals surface area contributed by atoms with E-state index in [1.807, 2.05) is 0 Å². The fourth-order valence-electron chi connectivity index (χ4n) is 4.61. The lowest BCUT2D eigenvalue weighted by Gasteiger charge is -2.19. The lowest BCUT2D eigenvalue weighted by molar-refractivity contribution is 0.209. The van der Waals surface area contributed by atoms with E-state index in [-0.39, 0.29) is 0 Å². The maximum Gasteiger partial charge on any atom is 0.362 e. The Hall–Kier alpha value is -2.75. The van der Waals surface area contributed by atoms with Gasteiger partial charge >= 0.3 is 7.60 Å².